The normalized spacial score (nSPS) is 18.1. The van der Waals surface area contributed by atoms with Crippen LogP contribution in [-0.4, -0.2) is 17.4 Å². The lowest BCUT2D eigenvalue weighted by atomic mass is 10.3. The predicted octanol–water partition coefficient (Wildman–Crippen LogP) is 0.726. The number of thiocarbonyl (C=S) groups is 1. The third kappa shape index (κ3) is 1.04. The summed E-state index contributed by atoms with van der Waals surface area (Å²) in [6.45, 7) is 2.93. The van der Waals surface area contributed by atoms with E-state index in [4.69, 9.17) is 12.2 Å². The number of rotatable bonds is 1. The summed E-state index contributed by atoms with van der Waals surface area (Å²) in [5.74, 6) is 0. The van der Waals surface area contributed by atoms with Gasteiger partial charge in [0.2, 0.25) is 0 Å². The molecular formula is C5H8N2S. The lowest BCUT2D eigenvalue weighted by Gasteiger charge is -1.87. The van der Waals surface area contributed by atoms with E-state index >= 15 is 0 Å². The summed E-state index contributed by atoms with van der Waals surface area (Å²) >= 11 is 4.76. The molecule has 8 heavy (non-hydrogen) atoms. The molecular weight excluding hydrogens is 120 g/mol. The molecule has 44 valence electrons. The van der Waals surface area contributed by atoms with Gasteiger partial charge in [-0.15, -0.1) is 0 Å². The second-order valence-electron chi connectivity index (χ2n) is 1.69. The topological polar surface area (TPSA) is 24.4 Å². The minimum atomic E-state index is 0.641. The first-order valence-corrected chi connectivity index (χ1v) is 3.08. The van der Waals surface area contributed by atoms with Gasteiger partial charge in [0.1, 0.15) is 0 Å². The number of nitrogens with zero attached hydrogens (tertiary/aromatic N) is 1. The van der Waals surface area contributed by atoms with Crippen molar-refractivity contribution in [3.05, 3.63) is 0 Å². The van der Waals surface area contributed by atoms with Gasteiger partial charge in [0.15, 0.2) is 5.11 Å². The molecule has 0 fully saturated rings. The molecule has 0 aliphatic carbocycles. The third-order valence-electron chi connectivity index (χ3n) is 1.11. The van der Waals surface area contributed by atoms with E-state index in [1.807, 2.05) is 0 Å². The van der Waals surface area contributed by atoms with Crippen LogP contribution >= 0.6 is 12.2 Å². The molecule has 3 heteroatoms. The molecule has 1 heterocycles. The Morgan fingerprint density at radius 2 is 2.62 bits per heavy atom. The maximum atomic E-state index is 4.76. The standard InChI is InChI=1S/C5H8N2S/c1-2-4-3-6-5(8)7-4/h2-3H2,1H3,(H,6,8). The number of hydrogen-bond donors (Lipinski definition) is 1. The number of aliphatic imine (C=N–C) groups is 1. The minimum absolute atomic E-state index is 0.641. The predicted molar refractivity (Wildman–Crippen MR) is 38.3 cm³/mol. The zero-order chi connectivity index (χ0) is 5.98. The van der Waals surface area contributed by atoms with Gasteiger partial charge in [0.05, 0.1) is 6.54 Å². The Labute approximate surface area is 54.0 Å². The molecule has 0 radical (unpaired) electrons. The molecule has 0 bridgehead atoms. The molecule has 0 atom stereocenters. The Morgan fingerprint density at radius 1 is 1.88 bits per heavy atom. The van der Waals surface area contributed by atoms with Crippen molar-refractivity contribution in [3.8, 4) is 0 Å². The van der Waals surface area contributed by atoms with Gasteiger partial charge in [-0.1, -0.05) is 6.92 Å². The summed E-state index contributed by atoms with van der Waals surface area (Å²) in [5, 5.41) is 3.59. The highest BCUT2D eigenvalue weighted by Gasteiger charge is 2.05. The maximum absolute atomic E-state index is 4.76. The highest BCUT2D eigenvalue weighted by molar-refractivity contribution is 7.80. The summed E-state index contributed by atoms with van der Waals surface area (Å²) in [4.78, 5) is 4.04. The molecule has 1 aliphatic rings. The van der Waals surface area contributed by atoms with Crippen LogP contribution in [0.2, 0.25) is 0 Å². The molecule has 0 amide bonds. The fourth-order valence-corrected chi connectivity index (χ4v) is 0.806. The summed E-state index contributed by atoms with van der Waals surface area (Å²) in [7, 11) is 0. The van der Waals surface area contributed by atoms with E-state index in [9.17, 15) is 0 Å². The molecule has 0 unspecified atom stereocenters. The van der Waals surface area contributed by atoms with E-state index in [0.717, 1.165) is 18.7 Å². The highest BCUT2D eigenvalue weighted by atomic mass is 32.1. The SMILES string of the molecule is CCC1=NC(=S)NC1. The van der Waals surface area contributed by atoms with Crippen LogP contribution in [0.5, 0.6) is 0 Å². The first kappa shape index (κ1) is 5.69. The molecule has 1 aliphatic heterocycles. The average molecular weight is 128 g/mol. The van der Waals surface area contributed by atoms with E-state index < -0.39 is 0 Å². The fraction of sp³-hybridized carbons (Fsp3) is 0.600. The van der Waals surface area contributed by atoms with Gasteiger partial charge in [0, 0.05) is 5.71 Å². The average Bonchev–Trinajstić information content (AvgIpc) is 2.14. The van der Waals surface area contributed by atoms with Crippen molar-refractivity contribution in [2.75, 3.05) is 6.54 Å². The second-order valence-corrected chi connectivity index (χ2v) is 2.08. The molecule has 0 saturated carbocycles. The molecule has 0 spiro atoms. The van der Waals surface area contributed by atoms with E-state index in [-0.39, 0.29) is 0 Å². The van der Waals surface area contributed by atoms with Crippen LogP contribution < -0.4 is 5.32 Å². The van der Waals surface area contributed by atoms with Crippen molar-refractivity contribution >= 4 is 23.0 Å². The fourth-order valence-electron chi connectivity index (χ4n) is 0.604. The van der Waals surface area contributed by atoms with E-state index in [1.165, 1.54) is 0 Å². The summed E-state index contributed by atoms with van der Waals surface area (Å²) in [6.07, 6.45) is 1.01. The van der Waals surface area contributed by atoms with Crippen LogP contribution in [0, 0.1) is 0 Å². The molecule has 0 aromatic carbocycles. The third-order valence-corrected chi connectivity index (χ3v) is 1.35. The van der Waals surface area contributed by atoms with Crippen LogP contribution in [0.15, 0.2) is 4.99 Å². The second kappa shape index (κ2) is 2.22. The van der Waals surface area contributed by atoms with Gasteiger partial charge in [-0.05, 0) is 18.6 Å². The Hall–Kier alpha value is -0.440. The summed E-state index contributed by atoms with van der Waals surface area (Å²) in [5.41, 5.74) is 1.16. The molecule has 1 N–H and O–H groups in total. The highest BCUT2D eigenvalue weighted by Crippen LogP contribution is 1.92. The van der Waals surface area contributed by atoms with Crippen molar-refractivity contribution in [2.45, 2.75) is 13.3 Å². The van der Waals surface area contributed by atoms with Crippen molar-refractivity contribution in [3.63, 3.8) is 0 Å². The summed E-state index contributed by atoms with van der Waals surface area (Å²) in [6, 6.07) is 0. The summed E-state index contributed by atoms with van der Waals surface area (Å²) < 4.78 is 0. The zero-order valence-corrected chi connectivity index (χ0v) is 5.59. The van der Waals surface area contributed by atoms with Gasteiger partial charge in [-0.3, -0.25) is 0 Å². The largest absolute Gasteiger partial charge is 0.356 e. The lowest BCUT2D eigenvalue weighted by molar-refractivity contribution is 1.10. The van der Waals surface area contributed by atoms with E-state index in [1.54, 1.807) is 0 Å². The Bertz CT molecular complexity index is 139. The Morgan fingerprint density at radius 3 is 2.88 bits per heavy atom. The van der Waals surface area contributed by atoms with E-state index in [2.05, 4.69) is 17.2 Å². The van der Waals surface area contributed by atoms with Crippen molar-refractivity contribution < 1.29 is 0 Å². The van der Waals surface area contributed by atoms with Gasteiger partial charge >= 0.3 is 0 Å². The van der Waals surface area contributed by atoms with Crippen LogP contribution in [0.1, 0.15) is 13.3 Å². The molecule has 0 saturated heterocycles. The van der Waals surface area contributed by atoms with Crippen LogP contribution in [0.4, 0.5) is 0 Å². The monoisotopic (exact) mass is 128 g/mol. The minimum Gasteiger partial charge on any atom is -0.356 e. The van der Waals surface area contributed by atoms with Crippen LogP contribution in [-0.2, 0) is 0 Å². The number of hydrogen-bond acceptors (Lipinski definition) is 1. The smallest absolute Gasteiger partial charge is 0.193 e. The Balaban J connectivity index is 2.57. The maximum Gasteiger partial charge on any atom is 0.193 e. The Kier molecular flexibility index (Phi) is 1.58. The lowest BCUT2D eigenvalue weighted by Crippen LogP contribution is -2.15. The van der Waals surface area contributed by atoms with Crippen molar-refractivity contribution in [2.24, 2.45) is 4.99 Å². The van der Waals surface area contributed by atoms with Gasteiger partial charge < -0.3 is 5.32 Å². The van der Waals surface area contributed by atoms with Crippen LogP contribution in [0.25, 0.3) is 0 Å². The zero-order valence-electron chi connectivity index (χ0n) is 4.77. The molecule has 2 nitrogen and oxygen atoms in total. The van der Waals surface area contributed by atoms with Gasteiger partial charge in [-0.25, -0.2) is 4.99 Å². The first-order valence-electron chi connectivity index (χ1n) is 2.67. The van der Waals surface area contributed by atoms with Crippen molar-refractivity contribution in [1.29, 1.82) is 0 Å². The number of nitrogens with one attached hydrogen (secondary N) is 1. The first-order chi connectivity index (χ1) is 3.83. The molecule has 1 rings (SSSR count). The molecule has 0 aromatic heterocycles. The van der Waals surface area contributed by atoms with E-state index in [0.29, 0.717) is 5.11 Å². The van der Waals surface area contributed by atoms with Gasteiger partial charge in [0.25, 0.3) is 0 Å². The van der Waals surface area contributed by atoms with Crippen molar-refractivity contribution in [1.82, 2.24) is 5.32 Å². The quantitative estimate of drug-likeness (QED) is 0.526. The van der Waals surface area contributed by atoms with Crippen LogP contribution in [0.3, 0.4) is 0 Å². The molecule has 0 aromatic rings. The van der Waals surface area contributed by atoms with Gasteiger partial charge in [-0.2, -0.15) is 0 Å².